The molecule has 0 saturated carbocycles. The van der Waals surface area contributed by atoms with E-state index in [0.29, 0.717) is 0 Å². The van der Waals surface area contributed by atoms with E-state index in [2.05, 4.69) is 15.0 Å². The van der Waals surface area contributed by atoms with Gasteiger partial charge in [-0.3, -0.25) is 23.7 Å². The number of imidazole rings is 1. The van der Waals surface area contributed by atoms with Crippen LogP contribution < -0.4 is 5.56 Å². The van der Waals surface area contributed by atoms with Crippen LogP contribution in [0.5, 0.6) is 0 Å². The number of fused-ring (bicyclic) bond motifs is 1. The minimum absolute atomic E-state index is 0.0545. The first-order chi connectivity index (χ1) is 13.3. The third-order valence-corrected chi connectivity index (χ3v) is 3.96. The van der Waals surface area contributed by atoms with E-state index in [9.17, 15) is 19.2 Å². The number of hydrogen-bond donors (Lipinski definition) is 1. The number of carbonyl (C=O) groups is 3. The minimum atomic E-state index is -1.18. The second-order valence-electron chi connectivity index (χ2n) is 6.08. The van der Waals surface area contributed by atoms with Gasteiger partial charge < -0.3 is 23.9 Å². The predicted octanol–water partition coefficient (Wildman–Crippen LogP) is -0.556. The van der Waals surface area contributed by atoms with Crippen molar-refractivity contribution in [2.75, 3.05) is 6.61 Å². The molecule has 1 aliphatic rings. The fraction of sp³-hybridized carbons (Fsp3) is 0.500. The van der Waals surface area contributed by atoms with Gasteiger partial charge in [0.05, 0.1) is 19.3 Å². The van der Waals surface area contributed by atoms with Gasteiger partial charge in [0, 0.05) is 20.8 Å². The molecule has 1 aliphatic heterocycles. The Kier molecular flexibility index (Phi) is 5.40. The summed E-state index contributed by atoms with van der Waals surface area (Å²) in [4.78, 5) is 57.1. The van der Waals surface area contributed by atoms with Crippen LogP contribution in [-0.4, -0.2) is 62.3 Å². The molecule has 1 N–H and O–H groups in total. The molecule has 0 aromatic carbocycles. The Morgan fingerprint density at radius 2 is 1.71 bits per heavy atom. The maximum atomic E-state index is 11.9. The number of nitrogens with one attached hydrogen (secondary N) is 1. The maximum Gasteiger partial charge on any atom is 0.303 e. The van der Waals surface area contributed by atoms with Gasteiger partial charge in [-0.25, -0.2) is 9.97 Å². The molecule has 0 spiro atoms. The van der Waals surface area contributed by atoms with Crippen molar-refractivity contribution in [1.82, 2.24) is 19.5 Å². The van der Waals surface area contributed by atoms with Crippen LogP contribution in [-0.2, 0) is 33.3 Å². The fourth-order valence-electron chi connectivity index (χ4n) is 3.01. The number of esters is 3. The van der Waals surface area contributed by atoms with Crippen molar-refractivity contribution in [2.24, 2.45) is 0 Å². The van der Waals surface area contributed by atoms with Gasteiger partial charge in [0.25, 0.3) is 5.56 Å². The Hall–Kier alpha value is -3.28. The van der Waals surface area contributed by atoms with Gasteiger partial charge in [0.2, 0.25) is 0 Å². The van der Waals surface area contributed by atoms with E-state index in [1.807, 2.05) is 0 Å². The fourth-order valence-corrected chi connectivity index (χ4v) is 3.01. The van der Waals surface area contributed by atoms with Gasteiger partial charge in [-0.1, -0.05) is 0 Å². The van der Waals surface area contributed by atoms with Gasteiger partial charge >= 0.3 is 17.9 Å². The van der Waals surface area contributed by atoms with Crippen molar-refractivity contribution in [3.8, 4) is 0 Å². The van der Waals surface area contributed by atoms with Crippen molar-refractivity contribution >= 4 is 29.1 Å². The first-order valence-corrected chi connectivity index (χ1v) is 8.31. The molecule has 150 valence electrons. The highest BCUT2D eigenvalue weighted by Crippen LogP contribution is 2.32. The maximum absolute atomic E-state index is 11.9. The highest BCUT2D eigenvalue weighted by atomic mass is 16.6. The number of nitrogens with zero attached hydrogens (tertiary/aromatic N) is 3. The summed E-state index contributed by atoms with van der Waals surface area (Å²) in [6.07, 6.45) is -1.85. The molecule has 0 aliphatic carbocycles. The van der Waals surface area contributed by atoms with Crippen LogP contribution >= 0.6 is 0 Å². The highest BCUT2D eigenvalue weighted by Gasteiger charge is 2.48. The third kappa shape index (κ3) is 3.86. The zero-order valence-corrected chi connectivity index (χ0v) is 15.3. The average molecular weight is 394 g/mol. The van der Waals surface area contributed by atoms with Gasteiger partial charge in [-0.05, 0) is 0 Å². The largest absolute Gasteiger partial charge is 0.456 e. The van der Waals surface area contributed by atoms with Crippen LogP contribution in [0, 0.1) is 0 Å². The standard InChI is InChI=1S/C16H18N4O8/c1-7(21)26-10-4-25-16(13(28-9(3)23)12(10)27-8(2)22)20-6-19-11-14(20)17-5-18-15(11)24/h5-6,10,12-13,16H,4H2,1-3H3,(H,17,18,24)/t10-,12+,13+,16+/m0/s1. The Balaban J connectivity index is 2.05. The molecule has 2 aromatic heterocycles. The normalized spacial score (nSPS) is 24.5. The summed E-state index contributed by atoms with van der Waals surface area (Å²) in [7, 11) is 0. The van der Waals surface area contributed by atoms with Crippen LogP contribution in [0.25, 0.3) is 11.2 Å². The summed E-state index contributed by atoms with van der Waals surface area (Å²) in [6, 6.07) is 0. The second kappa shape index (κ2) is 7.76. The Labute approximate surface area is 157 Å². The van der Waals surface area contributed by atoms with Crippen molar-refractivity contribution in [1.29, 1.82) is 0 Å². The lowest BCUT2D eigenvalue weighted by Crippen LogP contribution is -2.55. The molecule has 0 radical (unpaired) electrons. The van der Waals surface area contributed by atoms with E-state index in [1.165, 1.54) is 38.0 Å². The number of hydrogen-bond acceptors (Lipinski definition) is 10. The van der Waals surface area contributed by atoms with Gasteiger partial charge in [-0.15, -0.1) is 0 Å². The Morgan fingerprint density at radius 3 is 2.36 bits per heavy atom. The molecule has 2 aromatic rings. The van der Waals surface area contributed by atoms with Crippen LogP contribution in [0.4, 0.5) is 0 Å². The summed E-state index contributed by atoms with van der Waals surface area (Å²) in [5.41, 5.74) is -0.227. The van der Waals surface area contributed by atoms with Crippen LogP contribution in [0.15, 0.2) is 17.4 Å². The highest BCUT2D eigenvalue weighted by molar-refractivity contribution is 5.70. The van der Waals surface area contributed by atoms with Crippen molar-refractivity contribution in [2.45, 2.75) is 45.3 Å². The Bertz CT molecular complexity index is 967. The summed E-state index contributed by atoms with van der Waals surface area (Å²) >= 11 is 0. The molecule has 1 saturated heterocycles. The van der Waals surface area contributed by atoms with Crippen molar-refractivity contribution in [3.05, 3.63) is 23.0 Å². The molecule has 4 atom stereocenters. The topological polar surface area (TPSA) is 152 Å². The zero-order chi connectivity index (χ0) is 20.4. The smallest absolute Gasteiger partial charge is 0.303 e. The molecule has 3 rings (SSSR count). The SMILES string of the molecule is CC(=O)O[C@@H]1[C@H](OC(C)=O)[C@@H](OC(C)=O)CO[C@H]1n1cnc2c(=O)[nH]cnc21. The van der Waals surface area contributed by atoms with E-state index in [1.54, 1.807) is 0 Å². The zero-order valence-electron chi connectivity index (χ0n) is 15.3. The number of carbonyl (C=O) groups excluding carboxylic acids is 3. The number of aromatic amines is 1. The lowest BCUT2D eigenvalue weighted by Gasteiger charge is -2.40. The molecule has 1 fully saturated rings. The second-order valence-corrected chi connectivity index (χ2v) is 6.08. The van der Waals surface area contributed by atoms with Crippen molar-refractivity contribution < 1.29 is 33.3 Å². The van der Waals surface area contributed by atoms with E-state index >= 15 is 0 Å². The Morgan fingerprint density at radius 1 is 1.07 bits per heavy atom. The number of H-pyrrole nitrogens is 1. The lowest BCUT2D eigenvalue weighted by atomic mass is 10.0. The molecule has 28 heavy (non-hydrogen) atoms. The molecule has 0 bridgehead atoms. The molecular formula is C16H18N4O8. The van der Waals surface area contributed by atoms with Crippen molar-refractivity contribution in [3.63, 3.8) is 0 Å². The van der Waals surface area contributed by atoms with Crippen LogP contribution in [0.1, 0.15) is 27.0 Å². The van der Waals surface area contributed by atoms with Gasteiger partial charge in [-0.2, -0.15) is 0 Å². The molecular weight excluding hydrogens is 376 g/mol. The molecule has 12 nitrogen and oxygen atoms in total. The third-order valence-electron chi connectivity index (χ3n) is 3.96. The minimum Gasteiger partial charge on any atom is -0.456 e. The van der Waals surface area contributed by atoms with E-state index in [4.69, 9.17) is 18.9 Å². The first kappa shape index (κ1) is 19.5. The number of ether oxygens (including phenoxy) is 4. The number of rotatable bonds is 4. The van der Waals surface area contributed by atoms with E-state index in [-0.39, 0.29) is 17.8 Å². The molecule has 0 unspecified atom stereocenters. The van der Waals surface area contributed by atoms with Crippen LogP contribution in [0.3, 0.4) is 0 Å². The monoisotopic (exact) mass is 394 g/mol. The molecule has 12 heteroatoms. The number of aromatic nitrogens is 4. The van der Waals surface area contributed by atoms with E-state index < -0.39 is 48.0 Å². The summed E-state index contributed by atoms with van der Waals surface area (Å²) in [5.74, 6) is -1.95. The summed E-state index contributed by atoms with van der Waals surface area (Å²) in [6.45, 7) is 3.39. The quantitative estimate of drug-likeness (QED) is 0.528. The summed E-state index contributed by atoms with van der Waals surface area (Å²) in [5, 5.41) is 0. The van der Waals surface area contributed by atoms with E-state index in [0.717, 1.165) is 0 Å². The first-order valence-electron chi connectivity index (χ1n) is 8.31. The molecule has 0 amide bonds. The lowest BCUT2D eigenvalue weighted by molar-refractivity contribution is -0.239. The predicted molar refractivity (Wildman–Crippen MR) is 89.8 cm³/mol. The summed E-state index contributed by atoms with van der Waals surface area (Å²) < 4.78 is 22.9. The molecule has 3 heterocycles. The van der Waals surface area contributed by atoms with Gasteiger partial charge in [0.1, 0.15) is 0 Å². The average Bonchev–Trinajstić information content (AvgIpc) is 3.02. The van der Waals surface area contributed by atoms with Gasteiger partial charge in [0.15, 0.2) is 35.7 Å². The van der Waals surface area contributed by atoms with Crippen LogP contribution in [0.2, 0.25) is 0 Å².